The number of rotatable bonds is 7. The van der Waals surface area contributed by atoms with E-state index < -0.39 is 0 Å². The first kappa shape index (κ1) is 18.8. The summed E-state index contributed by atoms with van der Waals surface area (Å²) < 4.78 is 12.9. The molecule has 0 aliphatic rings. The predicted octanol–water partition coefficient (Wildman–Crippen LogP) is 4.88. The highest BCUT2D eigenvalue weighted by atomic mass is 35.5. The fraction of sp³-hybridized carbons (Fsp3) is 0.389. The van der Waals surface area contributed by atoms with Crippen molar-refractivity contribution in [1.82, 2.24) is 4.57 Å². The molecular formula is C18H21Cl2NO3. The highest BCUT2D eigenvalue weighted by molar-refractivity contribution is 6.42. The average Bonchev–Trinajstić information content (AvgIpc) is 2.83. The molecule has 1 unspecified atom stereocenters. The minimum atomic E-state index is -0.102. The highest BCUT2D eigenvalue weighted by Gasteiger charge is 2.19. The van der Waals surface area contributed by atoms with Crippen molar-refractivity contribution in [3.63, 3.8) is 0 Å². The summed E-state index contributed by atoms with van der Waals surface area (Å²) in [5.41, 5.74) is 2.57. The van der Waals surface area contributed by atoms with Gasteiger partial charge in [0.15, 0.2) is 6.61 Å². The summed E-state index contributed by atoms with van der Waals surface area (Å²) in [6.07, 6.45) is 0. The van der Waals surface area contributed by atoms with E-state index in [0.29, 0.717) is 28.0 Å². The topological polar surface area (TPSA) is 40.5 Å². The van der Waals surface area contributed by atoms with Crippen LogP contribution in [0.3, 0.4) is 0 Å². The molecule has 0 fully saturated rings. The molecule has 1 aromatic heterocycles. The molecule has 1 heterocycles. The largest absolute Gasteiger partial charge is 0.484 e. The average molecular weight is 370 g/mol. The van der Waals surface area contributed by atoms with Crippen molar-refractivity contribution in [3.8, 4) is 5.75 Å². The Hall–Kier alpha value is -1.49. The van der Waals surface area contributed by atoms with Gasteiger partial charge in [0.25, 0.3) is 0 Å². The van der Waals surface area contributed by atoms with Crippen molar-refractivity contribution < 1.29 is 14.3 Å². The molecule has 0 amide bonds. The van der Waals surface area contributed by atoms with Gasteiger partial charge in [0.1, 0.15) is 10.8 Å². The zero-order valence-electron chi connectivity index (χ0n) is 14.2. The number of ether oxygens (including phenoxy) is 2. The fourth-order valence-electron chi connectivity index (χ4n) is 2.87. The van der Waals surface area contributed by atoms with Crippen molar-refractivity contribution in [2.45, 2.75) is 26.8 Å². The number of halogens is 2. The van der Waals surface area contributed by atoms with Crippen molar-refractivity contribution in [2.75, 3.05) is 20.3 Å². The first-order valence-corrected chi connectivity index (χ1v) is 8.39. The van der Waals surface area contributed by atoms with Gasteiger partial charge in [-0.05, 0) is 39.0 Å². The minimum absolute atomic E-state index is 0.0942. The lowest BCUT2D eigenvalue weighted by Gasteiger charge is -2.17. The van der Waals surface area contributed by atoms with E-state index in [2.05, 4.69) is 11.5 Å². The molecule has 6 heteroatoms. The second-order valence-electron chi connectivity index (χ2n) is 5.72. The number of hydrogen-bond acceptors (Lipinski definition) is 3. The van der Waals surface area contributed by atoms with E-state index in [1.807, 2.05) is 19.9 Å². The van der Waals surface area contributed by atoms with Crippen LogP contribution in [0.2, 0.25) is 10.0 Å². The molecule has 0 saturated heterocycles. The van der Waals surface area contributed by atoms with Crippen LogP contribution in [0.25, 0.3) is 0 Å². The third kappa shape index (κ3) is 3.94. The molecule has 0 bridgehead atoms. The number of nitrogens with zero attached hydrogens (tertiary/aromatic N) is 1. The van der Waals surface area contributed by atoms with Crippen LogP contribution >= 0.6 is 23.2 Å². The molecule has 0 saturated carbocycles. The lowest BCUT2D eigenvalue weighted by atomic mass is 10.1. The quantitative estimate of drug-likeness (QED) is 0.652. The van der Waals surface area contributed by atoms with Gasteiger partial charge in [-0.15, -0.1) is 0 Å². The lowest BCUT2D eigenvalue weighted by molar-refractivity contribution is 0.0920. The van der Waals surface area contributed by atoms with E-state index in [-0.39, 0.29) is 18.4 Å². The lowest BCUT2D eigenvalue weighted by Crippen LogP contribution is -2.16. The molecule has 130 valence electrons. The second-order valence-corrected chi connectivity index (χ2v) is 6.51. The van der Waals surface area contributed by atoms with Gasteiger partial charge in [0.2, 0.25) is 5.78 Å². The summed E-state index contributed by atoms with van der Waals surface area (Å²) >= 11 is 12.0. The molecule has 0 N–H and O–H groups in total. The van der Waals surface area contributed by atoms with Gasteiger partial charge in [-0.25, -0.2) is 0 Å². The minimum Gasteiger partial charge on any atom is -0.484 e. The van der Waals surface area contributed by atoms with E-state index in [0.717, 1.165) is 11.4 Å². The number of hydrogen-bond donors (Lipinski definition) is 0. The molecule has 2 rings (SSSR count). The van der Waals surface area contributed by atoms with Gasteiger partial charge in [-0.3, -0.25) is 4.79 Å². The Labute approximate surface area is 152 Å². The van der Waals surface area contributed by atoms with Crippen molar-refractivity contribution in [3.05, 3.63) is 51.3 Å². The molecule has 0 aliphatic carbocycles. The van der Waals surface area contributed by atoms with E-state index in [1.165, 1.54) is 0 Å². The van der Waals surface area contributed by atoms with Gasteiger partial charge in [-0.1, -0.05) is 29.3 Å². The Morgan fingerprint density at radius 3 is 2.67 bits per heavy atom. The number of ketones is 1. The number of carbonyl (C=O) groups is 1. The maximum atomic E-state index is 12.5. The molecule has 1 aromatic carbocycles. The predicted molar refractivity (Wildman–Crippen MR) is 96.8 cm³/mol. The second kappa shape index (κ2) is 8.06. The first-order valence-electron chi connectivity index (χ1n) is 7.64. The number of carbonyl (C=O) groups excluding carboxylic acids is 1. The molecule has 2 aromatic rings. The van der Waals surface area contributed by atoms with Crippen LogP contribution in [-0.2, 0) is 4.74 Å². The van der Waals surface area contributed by atoms with Crippen molar-refractivity contribution in [2.24, 2.45) is 0 Å². The molecular weight excluding hydrogens is 349 g/mol. The standard InChI is InChI=1S/C18H21Cl2NO3/c1-11-8-14(13(3)21(11)12(2)9-23-4)16(22)10-24-17-7-5-6-15(19)18(17)20/h5-8,12H,9-10H2,1-4H3. The number of Topliss-reactive ketones (excluding diaryl/α,β-unsaturated/α-hetero) is 1. The van der Waals surface area contributed by atoms with Crippen LogP contribution in [0.1, 0.15) is 34.7 Å². The Morgan fingerprint density at radius 1 is 1.29 bits per heavy atom. The summed E-state index contributed by atoms with van der Waals surface area (Å²) in [5, 5.41) is 0.708. The SMILES string of the molecule is COCC(C)n1c(C)cc(C(=O)COc2cccc(Cl)c2Cl)c1C. The summed E-state index contributed by atoms with van der Waals surface area (Å²) in [5.74, 6) is 0.300. The Morgan fingerprint density at radius 2 is 2.00 bits per heavy atom. The summed E-state index contributed by atoms with van der Waals surface area (Å²) in [6, 6.07) is 7.12. The first-order chi connectivity index (χ1) is 11.4. The van der Waals surface area contributed by atoms with Crippen molar-refractivity contribution in [1.29, 1.82) is 0 Å². The van der Waals surface area contributed by atoms with Crippen molar-refractivity contribution >= 4 is 29.0 Å². The third-order valence-corrected chi connectivity index (χ3v) is 4.71. The Balaban J connectivity index is 2.16. The molecule has 0 radical (unpaired) electrons. The van der Waals surface area contributed by atoms with E-state index in [9.17, 15) is 4.79 Å². The van der Waals surface area contributed by atoms with Gasteiger partial charge >= 0.3 is 0 Å². The number of benzene rings is 1. The maximum absolute atomic E-state index is 12.5. The van der Waals surface area contributed by atoms with Crippen LogP contribution in [-0.4, -0.2) is 30.7 Å². The number of methoxy groups -OCH3 is 1. The Kier molecular flexibility index (Phi) is 6.33. The van der Waals surface area contributed by atoms with Crippen LogP contribution in [0.5, 0.6) is 5.75 Å². The third-order valence-electron chi connectivity index (χ3n) is 3.91. The normalized spacial score (nSPS) is 12.2. The van der Waals surface area contributed by atoms with Gasteiger partial charge in [0.05, 0.1) is 17.7 Å². The molecule has 1 atom stereocenters. The van der Waals surface area contributed by atoms with Gasteiger partial charge in [-0.2, -0.15) is 0 Å². The monoisotopic (exact) mass is 369 g/mol. The molecule has 4 nitrogen and oxygen atoms in total. The fourth-order valence-corrected chi connectivity index (χ4v) is 3.22. The molecule has 24 heavy (non-hydrogen) atoms. The molecule has 0 aliphatic heterocycles. The maximum Gasteiger partial charge on any atom is 0.202 e. The summed E-state index contributed by atoms with van der Waals surface area (Å²) in [4.78, 5) is 12.5. The van der Waals surface area contributed by atoms with Gasteiger partial charge in [0, 0.05) is 24.1 Å². The number of aryl methyl sites for hydroxylation is 1. The van der Waals surface area contributed by atoms with Crippen LogP contribution in [0.4, 0.5) is 0 Å². The van der Waals surface area contributed by atoms with E-state index in [4.69, 9.17) is 32.7 Å². The highest BCUT2D eigenvalue weighted by Crippen LogP contribution is 2.31. The van der Waals surface area contributed by atoms with Crippen LogP contribution in [0, 0.1) is 13.8 Å². The molecule has 0 spiro atoms. The van der Waals surface area contributed by atoms with Gasteiger partial charge < -0.3 is 14.0 Å². The number of aromatic nitrogens is 1. The Bertz CT molecular complexity index is 740. The zero-order chi connectivity index (χ0) is 17.9. The summed E-state index contributed by atoms with van der Waals surface area (Å²) in [7, 11) is 1.67. The van der Waals surface area contributed by atoms with E-state index >= 15 is 0 Å². The summed E-state index contributed by atoms with van der Waals surface area (Å²) in [6.45, 7) is 6.45. The van der Waals surface area contributed by atoms with Crippen LogP contribution < -0.4 is 4.74 Å². The smallest absolute Gasteiger partial charge is 0.202 e. The van der Waals surface area contributed by atoms with Crippen LogP contribution in [0.15, 0.2) is 24.3 Å². The van der Waals surface area contributed by atoms with E-state index in [1.54, 1.807) is 25.3 Å². The zero-order valence-corrected chi connectivity index (χ0v) is 15.7.